The Morgan fingerprint density at radius 1 is 1.24 bits per heavy atom. The number of methoxy groups -OCH3 is 1. The molecule has 25 heavy (non-hydrogen) atoms. The molecule has 0 atom stereocenters. The molecule has 0 saturated heterocycles. The van der Waals surface area contributed by atoms with Crippen molar-refractivity contribution >= 4 is 38.9 Å². The first kappa shape index (κ1) is 19.1. The number of benzene rings is 2. The van der Waals surface area contributed by atoms with Crippen LogP contribution in [0.2, 0.25) is 5.02 Å². The van der Waals surface area contributed by atoms with Crippen molar-refractivity contribution in [2.24, 2.45) is 0 Å². The van der Waals surface area contributed by atoms with E-state index in [0.29, 0.717) is 22.1 Å². The van der Waals surface area contributed by atoms with Gasteiger partial charge in [0.15, 0.2) is 0 Å². The molecule has 0 aliphatic heterocycles. The average molecular weight is 383 g/mol. The van der Waals surface area contributed by atoms with Gasteiger partial charge in [-0.3, -0.25) is 9.10 Å². The zero-order valence-corrected chi connectivity index (χ0v) is 15.7. The maximum absolute atomic E-state index is 12.4. The summed E-state index contributed by atoms with van der Waals surface area (Å²) in [5, 5.41) is 3.17. The van der Waals surface area contributed by atoms with Crippen LogP contribution in [0.4, 0.5) is 11.4 Å². The van der Waals surface area contributed by atoms with Crippen molar-refractivity contribution < 1.29 is 17.9 Å². The molecule has 0 saturated carbocycles. The second kappa shape index (κ2) is 7.76. The predicted molar refractivity (Wildman–Crippen MR) is 100 cm³/mol. The summed E-state index contributed by atoms with van der Waals surface area (Å²) in [4.78, 5) is 12.4. The van der Waals surface area contributed by atoms with Gasteiger partial charge in [0, 0.05) is 10.7 Å². The number of para-hydroxylation sites is 2. The predicted octanol–water partition coefficient (Wildman–Crippen LogP) is 3.06. The molecule has 1 amide bonds. The summed E-state index contributed by atoms with van der Waals surface area (Å²) in [7, 11) is -2.25. The fourth-order valence-corrected chi connectivity index (χ4v) is 3.30. The fourth-order valence-electron chi connectivity index (χ4n) is 2.27. The maximum Gasteiger partial charge on any atom is 0.245 e. The number of anilines is 2. The Morgan fingerprint density at radius 3 is 2.56 bits per heavy atom. The van der Waals surface area contributed by atoms with Crippen molar-refractivity contribution in [1.29, 1.82) is 0 Å². The monoisotopic (exact) mass is 382 g/mol. The molecule has 8 heteroatoms. The molecule has 0 fully saturated rings. The van der Waals surface area contributed by atoms with E-state index in [2.05, 4.69) is 5.32 Å². The molecule has 2 aromatic rings. The summed E-state index contributed by atoms with van der Waals surface area (Å²) in [6.45, 7) is 1.44. The standard InChI is InChI=1S/C17H19ClN2O4S/c1-12-8-9-13(18)10-14(12)19-17(21)11-20(25(3,22)23)15-6-4-5-7-16(15)24-2/h4-10H,11H2,1-3H3,(H,19,21). The number of ether oxygens (including phenoxy) is 1. The second-order valence-electron chi connectivity index (χ2n) is 5.45. The lowest BCUT2D eigenvalue weighted by Gasteiger charge is -2.23. The molecule has 0 spiro atoms. The lowest BCUT2D eigenvalue weighted by molar-refractivity contribution is -0.114. The van der Waals surface area contributed by atoms with E-state index in [1.165, 1.54) is 7.11 Å². The molecule has 0 radical (unpaired) electrons. The summed E-state index contributed by atoms with van der Waals surface area (Å²) in [5.74, 6) is -0.124. The number of aryl methyl sites for hydroxylation is 1. The van der Waals surface area contributed by atoms with Crippen molar-refractivity contribution in [2.45, 2.75) is 6.92 Å². The van der Waals surface area contributed by atoms with Crippen molar-refractivity contribution in [3.8, 4) is 5.75 Å². The average Bonchev–Trinajstić information content (AvgIpc) is 2.55. The van der Waals surface area contributed by atoms with Gasteiger partial charge in [0.1, 0.15) is 12.3 Å². The lowest BCUT2D eigenvalue weighted by atomic mass is 10.2. The highest BCUT2D eigenvalue weighted by atomic mass is 35.5. The highest BCUT2D eigenvalue weighted by molar-refractivity contribution is 7.92. The van der Waals surface area contributed by atoms with E-state index in [4.69, 9.17) is 16.3 Å². The molecule has 2 aromatic carbocycles. The molecular formula is C17H19ClN2O4S. The summed E-state index contributed by atoms with van der Waals surface area (Å²) in [6, 6.07) is 11.7. The van der Waals surface area contributed by atoms with Crippen LogP contribution in [-0.4, -0.2) is 34.2 Å². The van der Waals surface area contributed by atoms with E-state index < -0.39 is 15.9 Å². The summed E-state index contributed by atoms with van der Waals surface area (Å²) < 4.78 is 30.6. The number of sulfonamides is 1. The third-order valence-electron chi connectivity index (χ3n) is 3.52. The van der Waals surface area contributed by atoms with Crippen LogP contribution in [0, 0.1) is 6.92 Å². The van der Waals surface area contributed by atoms with Crippen LogP contribution in [0.25, 0.3) is 0 Å². The smallest absolute Gasteiger partial charge is 0.245 e. The lowest BCUT2D eigenvalue weighted by Crippen LogP contribution is -2.37. The van der Waals surface area contributed by atoms with Gasteiger partial charge < -0.3 is 10.1 Å². The zero-order chi connectivity index (χ0) is 18.6. The summed E-state index contributed by atoms with van der Waals surface area (Å²) in [6.07, 6.45) is 1.04. The Morgan fingerprint density at radius 2 is 1.92 bits per heavy atom. The largest absolute Gasteiger partial charge is 0.495 e. The van der Waals surface area contributed by atoms with Gasteiger partial charge in [-0.1, -0.05) is 29.8 Å². The molecule has 134 valence electrons. The van der Waals surface area contributed by atoms with Crippen molar-refractivity contribution in [1.82, 2.24) is 0 Å². The minimum atomic E-state index is -3.69. The molecule has 0 aliphatic carbocycles. The Kier molecular flexibility index (Phi) is 5.92. The van der Waals surface area contributed by atoms with E-state index >= 15 is 0 Å². The first-order valence-corrected chi connectivity index (χ1v) is 9.61. The van der Waals surface area contributed by atoms with Gasteiger partial charge in [-0.2, -0.15) is 0 Å². The van der Waals surface area contributed by atoms with Crippen LogP contribution in [0.3, 0.4) is 0 Å². The number of halogens is 1. The molecule has 0 aromatic heterocycles. The van der Waals surface area contributed by atoms with E-state index in [-0.39, 0.29) is 6.54 Å². The number of carbonyl (C=O) groups excluding carboxylic acids is 1. The van der Waals surface area contributed by atoms with Gasteiger partial charge in [-0.15, -0.1) is 0 Å². The number of hydrogen-bond acceptors (Lipinski definition) is 4. The van der Waals surface area contributed by atoms with Gasteiger partial charge in [0.2, 0.25) is 15.9 Å². The zero-order valence-electron chi connectivity index (χ0n) is 14.1. The van der Waals surface area contributed by atoms with Crippen LogP contribution < -0.4 is 14.4 Å². The number of carbonyl (C=O) groups is 1. The Labute approximate surface area is 152 Å². The van der Waals surface area contributed by atoms with Gasteiger partial charge in [0.05, 0.1) is 19.1 Å². The Bertz CT molecular complexity index is 884. The maximum atomic E-state index is 12.4. The normalized spacial score (nSPS) is 11.0. The number of amides is 1. The molecule has 1 N–H and O–H groups in total. The molecule has 0 aliphatic rings. The molecule has 6 nitrogen and oxygen atoms in total. The van der Waals surface area contributed by atoms with E-state index in [1.54, 1.807) is 42.5 Å². The first-order valence-electron chi connectivity index (χ1n) is 7.39. The van der Waals surface area contributed by atoms with Crippen LogP contribution in [0.15, 0.2) is 42.5 Å². The fraction of sp³-hybridized carbons (Fsp3) is 0.235. The number of nitrogens with zero attached hydrogens (tertiary/aromatic N) is 1. The van der Waals surface area contributed by atoms with E-state index in [1.807, 2.05) is 6.92 Å². The minimum absolute atomic E-state index is 0.297. The number of rotatable bonds is 6. The minimum Gasteiger partial charge on any atom is -0.495 e. The third-order valence-corrected chi connectivity index (χ3v) is 4.88. The van der Waals surface area contributed by atoms with Gasteiger partial charge in [-0.25, -0.2) is 8.42 Å². The number of hydrogen-bond donors (Lipinski definition) is 1. The summed E-state index contributed by atoms with van der Waals surface area (Å²) >= 11 is 5.94. The molecule has 0 unspecified atom stereocenters. The van der Waals surface area contributed by atoms with Crippen LogP contribution >= 0.6 is 11.6 Å². The highest BCUT2D eigenvalue weighted by Crippen LogP contribution is 2.29. The quantitative estimate of drug-likeness (QED) is 0.833. The Hall–Kier alpha value is -2.25. The van der Waals surface area contributed by atoms with Crippen LogP contribution in [0.1, 0.15) is 5.56 Å². The van der Waals surface area contributed by atoms with Gasteiger partial charge in [0.25, 0.3) is 0 Å². The van der Waals surface area contributed by atoms with E-state index in [0.717, 1.165) is 16.1 Å². The van der Waals surface area contributed by atoms with E-state index in [9.17, 15) is 13.2 Å². The molecule has 2 rings (SSSR count). The highest BCUT2D eigenvalue weighted by Gasteiger charge is 2.24. The summed E-state index contributed by atoms with van der Waals surface area (Å²) in [5.41, 5.74) is 1.65. The third kappa shape index (κ3) is 4.87. The number of nitrogens with one attached hydrogen (secondary N) is 1. The van der Waals surface area contributed by atoms with Crippen molar-refractivity contribution in [3.63, 3.8) is 0 Å². The van der Waals surface area contributed by atoms with Crippen molar-refractivity contribution in [3.05, 3.63) is 53.1 Å². The Balaban J connectivity index is 2.29. The topological polar surface area (TPSA) is 75.7 Å². The second-order valence-corrected chi connectivity index (χ2v) is 7.79. The van der Waals surface area contributed by atoms with Gasteiger partial charge >= 0.3 is 0 Å². The molecule has 0 heterocycles. The SMILES string of the molecule is COc1ccccc1N(CC(=O)Nc1cc(Cl)ccc1C)S(C)(=O)=O. The first-order chi connectivity index (χ1) is 11.7. The molecular weight excluding hydrogens is 364 g/mol. The molecule has 0 bridgehead atoms. The van der Waals surface area contributed by atoms with Crippen molar-refractivity contribution in [2.75, 3.05) is 29.5 Å². The van der Waals surface area contributed by atoms with Gasteiger partial charge in [-0.05, 0) is 36.8 Å². The van der Waals surface area contributed by atoms with Crippen LogP contribution in [0.5, 0.6) is 5.75 Å². The van der Waals surface area contributed by atoms with Crippen LogP contribution in [-0.2, 0) is 14.8 Å².